The summed E-state index contributed by atoms with van der Waals surface area (Å²) in [6.45, 7) is 5.33. The summed E-state index contributed by atoms with van der Waals surface area (Å²) in [4.78, 5) is 0. The van der Waals surface area contributed by atoms with Crippen molar-refractivity contribution in [2.24, 2.45) is 0 Å². The van der Waals surface area contributed by atoms with E-state index in [1.165, 1.54) is 36.9 Å². The molecular formula is C17H25N3. The topological polar surface area (TPSA) is 29.9 Å². The SMILES string of the molecule is CCCC(CCC)Nc1ccc(Cn2cccn2)cc1. The number of hydrogen-bond acceptors (Lipinski definition) is 2. The summed E-state index contributed by atoms with van der Waals surface area (Å²) in [5, 5.41) is 7.88. The van der Waals surface area contributed by atoms with E-state index in [2.05, 4.69) is 48.5 Å². The third kappa shape index (κ3) is 4.41. The van der Waals surface area contributed by atoms with E-state index in [1.807, 2.05) is 23.1 Å². The van der Waals surface area contributed by atoms with Crippen molar-refractivity contribution in [2.45, 2.75) is 52.1 Å². The van der Waals surface area contributed by atoms with Gasteiger partial charge >= 0.3 is 0 Å². The zero-order valence-corrected chi connectivity index (χ0v) is 12.5. The van der Waals surface area contributed by atoms with Gasteiger partial charge < -0.3 is 5.32 Å². The third-order valence-corrected chi connectivity index (χ3v) is 3.50. The lowest BCUT2D eigenvalue weighted by Gasteiger charge is -2.19. The molecule has 0 unspecified atom stereocenters. The molecule has 0 amide bonds. The molecule has 0 spiro atoms. The number of nitrogens with one attached hydrogen (secondary N) is 1. The van der Waals surface area contributed by atoms with Crippen molar-refractivity contribution in [1.82, 2.24) is 9.78 Å². The molecule has 3 nitrogen and oxygen atoms in total. The molecule has 1 heterocycles. The zero-order chi connectivity index (χ0) is 14.2. The summed E-state index contributed by atoms with van der Waals surface area (Å²) in [5.74, 6) is 0. The van der Waals surface area contributed by atoms with E-state index in [0.717, 1.165) is 6.54 Å². The first kappa shape index (κ1) is 14.6. The fourth-order valence-electron chi connectivity index (χ4n) is 2.51. The first-order valence-corrected chi connectivity index (χ1v) is 7.64. The Morgan fingerprint density at radius 1 is 1.10 bits per heavy atom. The Kier molecular flexibility index (Phi) is 5.66. The third-order valence-electron chi connectivity index (χ3n) is 3.50. The standard InChI is InChI=1S/C17H25N3/c1-3-6-16(7-4-2)19-17-10-8-15(9-11-17)14-20-13-5-12-18-20/h5,8-13,16,19H,3-4,6-7,14H2,1-2H3. The van der Waals surface area contributed by atoms with Crippen LogP contribution in [0.4, 0.5) is 5.69 Å². The van der Waals surface area contributed by atoms with Gasteiger partial charge in [-0.05, 0) is 36.6 Å². The smallest absolute Gasteiger partial charge is 0.0659 e. The van der Waals surface area contributed by atoms with Gasteiger partial charge in [0, 0.05) is 24.1 Å². The van der Waals surface area contributed by atoms with Crippen LogP contribution < -0.4 is 5.32 Å². The maximum atomic E-state index is 4.23. The number of benzene rings is 1. The maximum absolute atomic E-state index is 4.23. The molecule has 0 saturated heterocycles. The summed E-state index contributed by atoms with van der Waals surface area (Å²) < 4.78 is 1.94. The highest BCUT2D eigenvalue weighted by atomic mass is 15.3. The van der Waals surface area contributed by atoms with Gasteiger partial charge in [0.25, 0.3) is 0 Å². The molecule has 0 fully saturated rings. The van der Waals surface area contributed by atoms with Crippen LogP contribution in [0.1, 0.15) is 45.1 Å². The number of rotatable bonds is 8. The second kappa shape index (κ2) is 7.73. The fraction of sp³-hybridized carbons (Fsp3) is 0.471. The molecule has 2 rings (SSSR count). The highest BCUT2D eigenvalue weighted by molar-refractivity contribution is 5.45. The van der Waals surface area contributed by atoms with Crippen LogP contribution in [0.15, 0.2) is 42.7 Å². The Bertz CT molecular complexity index is 467. The Labute approximate surface area is 122 Å². The van der Waals surface area contributed by atoms with Crippen LogP contribution in [0, 0.1) is 0 Å². The van der Waals surface area contributed by atoms with Crippen LogP contribution in [0.2, 0.25) is 0 Å². The van der Waals surface area contributed by atoms with Crippen LogP contribution in [-0.2, 0) is 6.54 Å². The van der Waals surface area contributed by atoms with Gasteiger partial charge in [0.2, 0.25) is 0 Å². The first-order chi connectivity index (χ1) is 9.81. The van der Waals surface area contributed by atoms with Gasteiger partial charge in [-0.25, -0.2) is 0 Å². The molecule has 0 bridgehead atoms. The van der Waals surface area contributed by atoms with Crippen molar-refractivity contribution < 1.29 is 0 Å². The zero-order valence-electron chi connectivity index (χ0n) is 12.5. The Morgan fingerprint density at radius 3 is 2.35 bits per heavy atom. The molecule has 20 heavy (non-hydrogen) atoms. The van der Waals surface area contributed by atoms with E-state index in [4.69, 9.17) is 0 Å². The Hall–Kier alpha value is -1.77. The van der Waals surface area contributed by atoms with Crippen molar-refractivity contribution in [2.75, 3.05) is 5.32 Å². The van der Waals surface area contributed by atoms with Gasteiger partial charge in [-0.2, -0.15) is 5.10 Å². The monoisotopic (exact) mass is 271 g/mol. The lowest BCUT2D eigenvalue weighted by Crippen LogP contribution is -2.18. The molecule has 0 aliphatic carbocycles. The fourth-order valence-corrected chi connectivity index (χ4v) is 2.51. The highest BCUT2D eigenvalue weighted by Gasteiger charge is 2.06. The lowest BCUT2D eigenvalue weighted by molar-refractivity contribution is 0.586. The average molecular weight is 271 g/mol. The molecule has 0 aliphatic rings. The molecule has 2 aromatic rings. The second-order valence-corrected chi connectivity index (χ2v) is 5.32. The minimum absolute atomic E-state index is 0.599. The average Bonchev–Trinajstić information content (AvgIpc) is 2.94. The molecule has 1 N–H and O–H groups in total. The van der Waals surface area contributed by atoms with E-state index < -0.39 is 0 Å². The van der Waals surface area contributed by atoms with Crippen molar-refractivity contribution in [3.05, 3.63) is 48.3 Å². The summed E-state index contributed by atoms with van der Waals surface area (Å²) in [6.07, 6.45) is 8.75. The molecule has 1 aromatic heterocycles. The maximum Gasteiger partial charge on any atom is 0.0659 e. The van der Waals surface area contributed by atoms with Gasteiger partial charge in [0.1, 0.15) is 0 Å². The summed E-state index contributed by atoms with van der Waals surface area (Å²) in [7, 11) is 0. The molecule has 0 radical (unpaired) electrons. The highest BCUT2D eigenvalue weighted by Crippen LogP contribution is 2.15. The van der Waals surface area contributed by atoms with Crippen LogP contribution in [0.5, 0.6) is 0 Å². The van der Waals surface area contributed by atoms with Crippen molar-refractivity contribution in [3.63, 3.8) is 0 Å². The van der Waals surface area contributed by atoms with Gasteiger partial charge in [-0.15, -0.1) is 0 Å². The van der Waals surface area contributed by atoms with E-state index in [1.54, 1.807) is 0 Å². The van der Waals surface area contributed by atoms with Crippen LogP contribution in [0.25, 0.3) is 0 Å². The first-order valence-electron chi connectivity index (χ1n) is 7.64. The minimum atomic E-state index is 0.599. The Morgan fingerprint density at radius 2 is 1.80 bits per heavy atom. The van der Waals surface area contributed by atoms with Crippen molar-refractivity contribution in [1.29, 1.82) is 0 Å². The normalized spacial score (nSPS) is 10.9. The number of aromatic nitrogens is 2. The van der Waals surface area contributed by atoms with Gasteiger partial charge in [-0.3, -0.25) is 4.68 Å². The molecule has 108 valence electrons. The summed E-state index contributed by atoms with van der Waals surface area (Å²) in [5.41, 5.74) is 2.50. The second-order valence-electron chi connectivity index (χ2n) is 5.32. The van der Waals surface area contributed by atoms with E-state index in [0.29, 0.717) is 6.04 Å². The van der Waals surface area contributed by atoms with Crippen molar-refractivity contribution in [3.8, 4) is 0 Å². The molecule has 0 saturated carbocycles. The Balaban J connectivity index is 1.93. The van der Waals surface area contributed by atoms with E-state index in [-0.39, 0.29) is 0 Å². The molecule has 3 heteroatoms. The van der Waals surface area contributed by atoms with Gasteiger partial charge in [0.15, 0.2) is 0 Å². The number of anilines is 1. The van der Waals surface area contributed by atoms with E-state index >= 15 is 0 Å². The van der Waals surface area contributed by atoms with Crippen LogP contribution in [0.3, 0.4) is 0 Å². The lowest BCUT2D eigenvalue weighted by atomic mass is 10.1. The van der Waals surface area contributed by atoms with Gasteiger partial charge in [0.05, 0.1) is 6.54 Å². The predicted molar refractivity (Wildman–Crippen MR) is 85.0 cm³/mol. The van der Waals surface area contributed by atoms with Crippen LogP contribution in [-0.4, -0.2) is 15.8 Å². The minimum Gasteiger partial charge on any atom is -0.382 e. The number of hydrogen-bond donors (Lipinski definition) is 1. The summed E-state index contributed by atoms with van der Waals surface area (Å²) in [6, 6.07) is 11.3. The summed E-state index contributed by atoms with van der Waals surface area (Å²) >= 11 is 0. The number of nitrogens with zero attached hydrogens (tertiary/aromatic N) is 2. The molecule has 0 aliphatic heterocycles. The largest absolute Gasteiger partial charge is 0.382 e. The molecule has 0 atom stereocenters. The van der Waals surface area contributed by atoms with Crippen molar-refractivity contribution >= 4 is 5.69 Å². The van der Waals surface area contributed by atoms with Gasteiger partial charge in [-0.1, -0.05) is 38.8 Å². The van der Waals surface area contributed by atoms with Crippen LogP contribution >= 0.6 is 0 Å². The van der Waals surface area contributed by atoms with E-state index in [9.17, 15) is 0 Å². The predicted octanol–water partition coefficient (Wildman–Crippen LogP) is 4.31. The molecular weight excluding hydrogens is 246 g/mol. The quantitative estimate of drug-likeness (QED) is 0.775. The molecule has 1 aromatic carbocycles.